The van der Waals surface area contributed by atoms with Crippen molar-refractivity contribution in [3.05, 3.63) is 23.9 Å². The van der Waals surface area contributed by atoms with Gasteiger partial charge in [0.05, 0.1) is 5.56 Å². The minimum Gasteiger partial charge on any atom is -0.370 e. The molecule has 0 saturated heterocycles. The molecule has 0 saturated carbocycles. The van der Waals surface area contributed by atoms with Gasteiger partial charge in [-0.2, -0.15) is 0 Å². The third-order valence-corrected chi connectivity index (χ3v) is 1.80. The van der Waals surface area contributed by atoms with Gasteiger partial charge in [-0.15, -0.1) is 0 Å². The van der Waals surface area contributed by atoms with Crippen molar-refractivity contribution >= 4 is 11.7 Å². The number of amides is 1. The van der Waals surface area contributed by atoms with E-state index in [-0.39, 0.29) is 11.9 Å². The predicted octanol–water partition coefficient (Wildman–Crippen LogP) is 1.65. The molecule has 0 aliphatic heterocycles. The third kappa shape index (κ3) is 3.58. The van der Waals surface area contributed by atoms with Gasteiger partial charge in [0.15, 0.2) is 0 Å². The molecule has 82 valence electrons. The van der Waals surface area contributed by atoms with Gasteiger partial charge in [0.25, 0.3) is 5.91 Å². The predicted molar refractivity (Wildman–Crippen MR) is 61.0 cm³/mol. The molecule has 2 N–H and O–H groups in total. The molecular formula is C11H17N3O. The molecule has 0 atom stereocenters. The standard InChI is InChI=1S/C11H17N3O/c1-4-12-10-6-5-9(7-13-10)11(15)14-8(2)3/h5-8H,4H2,1-3H3,(H,12,13)(H,14,15). The molecule has 0 bridgehead atoms. The molecule has 1 rings (SSSR count). The van der Waals surface area contributed by atoms with Gasteiger partial charge in [0.1, 0.15) is 5.82 Å². The van der Waals surface area contributed by atoms with Crippen LogP contribution in [0.15, 0.2) is 18.3 Å². The lowest BCUT2D eigenvalue weighted by molar-refractivity contribution is 0.0943. The van der Waals surface area contributed by atoms with E-state index in [4.69, 9.17) is 0 Å². The highest BCUT2D eigenvalue weighted by molar-refractivity contribution is 5.94. The molecule has 4 heteroatoms. The van der Waals surface area contributed by atoms with Crippen LogP contribution >= 0.6 is 0 Å². The normalized spacial score (nSPS) is 10.1. The van der Waals surface area contributed by atoms with Gasteiger partial charge in [-0.05, 0) is 32.9 Å². The Morgan fingerprint density at radius 2 is 2.20 bits per heavy atom. The van der Waals surface area contributed by atoms with Crippen LogP contribution in [-0.2, 0) is 0 Å². The van der Waals surface area contributed by atoms with Gasteiger partial charge in [0.2, 0.25) is 0 Å². The fourth-order valence-electron chi connectivity index (χ4n) is 1.16. The summed E-state index contributed by atoms with van der Waals surface area (Å²) >= 11 is 0. The number of hydrogen-bond donors (Lipinski definition) is 2. The van der Waals surface area contributed by atoms with Crippen LogP contribution < -0.4 is 10.6 Å². The first-order chi connectivity index (χ1) is 7.13. The molecule has 0 fully saturated rings. The van der Waals surface area contributed by atoms with Gasteiger partial charge in [-0.25, -0.2) is 4.98 Å². The van der Waals surface area contributed by atoms with E-state index in [1.54, 1.807) is 18.3 Å². The van der Waals surface area contributed by atoms with Gasteiger partial charge >= 0.3 is 0 Å². The van der Waals surface area contributed by atoms with Crippen molar-refractivity contribution in [3.8, 4) is 0 Å². The van der Waals surface area contributed by atoms with Crippen molar-refractivity contribution in [2.45, 2.75) is 26.8 Å². The topological polar surface area (TPSA) is 54.0 Å². The van der Waals surface area contributed by atoms with E-state index in [1.165, 1.54) is 0 Å². The summed E-state index contributed by atoms with van der Waals surface area (Å²) in [6.07, 6.45) is 1.58. The molecule has 0 unspecified atom stereocenters. The van der Waals surface area contributed by atoms with Gasteiger partial charge in [-0.1, -0.05) is 0 Å². The Morgan fingerprint density at radius 1 is 1.47 bits per heavy atom. The second kappa shape index (κ2) is 5.34. The zero-order valence-corrected chi connectivity index (χ0v) is 9.37. The van der Waals surface area contributed by atoms with Crippen LogP contribution in [-0.4, -0.2) is 23.5 Å². The van der Waals surface area contributed by atoms with Gasteiger partial charge in [0, 0.05) is 18.8 Å². The summed E-state index contributed by atoms with van der Waals surface area (Å²) < 4.78 is 0. The van der Waals surface area contributed by atoms with Crippen molar-refractivity contribution < 1.29 is 4.79 Å². The Labute approximate surface area is 90.1 Å². The number of nitrogens with zero attached hydrogens (tertiary/aromatic N) is 1. The van der Waals surface area contributed by atoms with Crippen LogP contribution in [0.2, 0.25) is 0 Å². The van der Waals surface area contributed by atoms with E-state index >= 15 is 0 Å². The second-order valence-electron chi connectivity index (χ2n) is 3.59. The number of anilines is 1. The van der Waals surface area contributed by atoms with Crippen LogP contribution in [0, 0.1) is 0 Å². The summed E-state index contributed by atoms with van der Waals surface area (Å²) in [4.78, 5) is 15.7. The zero-order valence-electron chi connectivity index (χ0n) is 9.37. The van der Waals surface area contributed by atoms with E-state index < -0.39 is 0 Å². The summed E-state index contributed by atoms with van der Waals surface area (Å²) in [6, 6.07) is 3.72. The molecule has 0 spiro atoms. The lowest BCUT2D eigenvalue weighted by atomic mass is 10.2. The summed E-state index contributed by atoms with van der Waals surface area (Å²) in [7, 11) is 0. The van der Waals surface area contributed by atoms with Crippen molar-refractivity contribution in [1.82, 2.24) is 10.3 Å². The summed E-state index contributed by atoms with van der Waals surface area (Å²) in [5, 5.41) is 5.88. The summed E-state index contributed by atoms with van der Waals surface area (Å²) in [5.74, 6) is 0.708. The summed E-state index contributed by atoms with van der Waals surface area (Å²) in [6.45, 7) is 6.68. The quantitative estimate of drug-likeness (QED) is 0.789. The first-order valence-corrected chi connectivity index (χ1v) is 5.14. The monoisotopic (exact) mass is 207 g/mol. The summed E-state index contributed by atoms with van der Waals surface area (Å²) in [5.41, 5.74) is 0.588. The molecule has 1 aromatic rings. The van der Waals surface area contributed by atoms with Crippen LogP contribution in [0.25, 0.3) is 0 Å². The number of rotatable bonds is 4. The molecule has 0 aromatic carbocycles. The fraction of sp³-hybridized carbons (Fsp3) is 0.455. The first-order valence-electron chi connectivity index (χ1n) is 5.14. The molecule has 1 aromatic heterocycles. The number of carbonyl (C=O) groups is 1. The van der Waals surface area contributed by atoms with E-state index in [9.17, 15) is 4.79 Å². The van der Waals surface area contributed by atoms with E-state index in [2.05, 4.69) is 15.6 Å². The fourth-order valence-corrected chi connectivity index (χ4v) is 1.16. The number of pyridine rings is 1. The van der Waals surface area contributed by atoms with Gasteiger partial charge in [-0.3, -0.25) is 4.79 Å². The molecule has 0 aliphatic rings. The Morgan fingerprint density at radius 3 is 2.67 bits per heavy atom. The maximum Gasteiger partial charge on any atom is 0.253 e. The van der Waals surface area contributed by atoms with E-state index in [0.29, 0.717) is 5.56 Å². The largest absolute Gasteiger partial charge is 0.370 e. The molecule has 0 radical (unpaired) electrons. The van der Waals surface area contributed by atoms with Crippen LogP contribution in [0.5, 0.6) is 0 Å². The van der Waals surface area contributed by atoms with E-state index in [1.807, 2.05) is 20.8 Å². The number of nitrogens with one attached hydrogen (secondary N) is 2. The Kier molecular flexibility index (Phi) is 4.09. The van der Waals surface area contributed by atoms with Crippen LogP contribution in [0.4, 0.5) is 5.82 Å². The van der Waals surface area contributed by atoms with Crippen molar-refractivity contribution in [1.29, 1.82) is 0 Å². The lowest BCUT2D eigenvalue weighted by Crippen LogP contribution is -2.30. The highest BCUT2D eigenvalue weighted by Crippen LogP contribution is 2.04. The Balaban J connectivity index is 2.67. The number of aromatic nitrogens is 1. The Hall–Kier alpha value is -1.58. The second-order valence-corrected chi connectivity index (χ2v) is 3.59. The molecule has 4 nitrogen and oxygen atoms in total. The van der Waals surface area contributed by atoms with Crippen LogP contribution in [0.3, 0.4) is 0 Å². The highest BCUT2D eigenvalue weighted by atomic mass is 16.1. The molecule has 15 heavy (non-hydrogen) atoms. The number of hydrogen-bond acceptors (Lipinski definition) is 3. The minimum atomic E-state index is -0.0828. The molecule has 1 amide bonds. The van der Waals surface area contributed by atoms with E-state index in [0.717, 1.165) is 12.4 Å². The Bertz CT molecular complexity index is 319. The molecule has 0 aliphatic carbocycles. The maximum atomic E-state index is 11.6. The SMILES string of the molecule is CCNc1ccc(C(=O)NC(C)C)cn1. The van der Waals surface area contributed by atoms with Crippen molar-refractivity contribution in [3.63, 3.8) is 0 Å². The maximum absolute atomic E-state index is 11.6. The van der Waals surface area contributed by atoms with Crippen molar-refractivity contribution in [2.75, 3.05) is 11.9 Å². The molecule has 1 heterocycles. The van der Waals surface area contributed by atoms with Crippen molar-refractivity contribution in [2.24, 2.45) is 0 Å². The third-order valence-electron chi connectivity index (χ3n) is 1.80. The van der Waals surface area contributed by atoms with Gasteiger partial charge < -0.3 is 10.6 Å². The number of carbonyl (C=O) groups excluding carboxylic acids is 1. The lowest BCUT2D eigenvalue weighted by Gasteiger charge is -2.08. The average Bonchev–Trinajstić information content (AvgIpc) is 2.18. The minimum absolute atomic E-state index is 0.0828. The highest BCUT2D eigenvalue weighted by Gasteiger charge is 2.06. The zero-order chi connectivity index (χ0) is 11.3. The molecular weight excluding hydrogens is 190 g/mol. The first kappa shape index (κ1) is 11.5. The average molecular weight is 207 g/mol. The smallest absolute Gasteiger partial charge is 0.253 e. The van der Waals surface area contributed by atoms with Crippen LogP contribution in [0.1, 0.15) is 31.1 Å².